The number of alkyl halides is 2. The van der Waals surface area contributed by atoms with Crippen LogP contribution in [-0.2, 0) is 22.5 Å². The van der Waals surface area contributed by atoms with Gasteiger partial charge < -0.3 is 10.5 Å². The molecule has 0 fully saturated rings. The Morgan fingerprint density at radius 3 is 2.76 bits per heavy atom. The summed E-state index contributed by atoms with van der Waals surface area (Å²) in [5.41, 5.74) is 5.68. The van der Waals surface area contributed by atoms with Crippen molar-refractivity contribution in [1.29, 1.82) is 0 Å². The Labute approximate surface area is 111 Å². The Balaban J connectivity index is 3.22. The van der Waals surface area contributed by atoms with E-state index in [0.29, 0.717) is 9.26 Å². The summed E-state index contributed by atoms with van der Waals surface area (Å²) in [4.78, 5) is 15.1. The fourth-order valence-corrected chi connectivity index (χ4v) is 2.21. The second-order valence-electron chi connectivity index (χ2n) is 3.21. The third-order valence-corrected chi connectivity index (χ3v) is 3.00. The zero-order valence-corrected chi connectivity index (χ0v) is 11.2. The standard InChI is InChI=1S/C10H11F2IN2O2/c1-17-8(16)3-7-9(10(11)12)6(13)2-5(4-14)15-7/h2,10H,3-4,14H2,1H3. The van der Waals surface area contributed by atoms with Crippen molar-refractivity contribution in [3.8, 4) is 0 Å². The molecule has 17 heavy (non-hydrogen) atoms. The van der Waals surface area contributed by atoms with Crippen LogP contribution in [0.15, 0.2) is 6.07 Å². The highest BCUT2D eigenvalue weighted by molar-refractivity contribution is 14.1. The van der Waals surface area contributed by atoms with Crippen molar-refractivity contribution >= 4 is 28.6 Å². The lowest BCUT2D eigenvalue weighted by atomic mass is 10.1. The number of rotatable bonds is 4. The molecular formula is C10H11F2IN2O2. The summed E-state index contributed by atoms with van der Waals surface area (Å²) < 4.78 is 30.5. The molecule has 0 spiro atoms. The Bertz CT molecular complexity index is 427. The van der Waals surface area contributed by atoms with Gasteiger partial charge in [-0.3, -0.25) is 9.78 Å². The fourth-order valence-electron chi connectivity index (χ4n) is 1.31. The number of halogens is 3. The van der Waals surface area contributed by atoms with Crippen molar-refractivity contribution in [2.75, 3.05) is 7.11 Å². The number of ether oxygens (including phenoxy) is 1. The molecule has 0 saturated heterocycles. The minimum Gasteiger partial charge on any atom is -0.469 e. The van der Waals surface area contributed by atoms with Gasteiger partial charge in [-0.15, -0.1) is 0 Å². The first kappa shape index (κ1) is 14.2. The Kier molecular flexibility index (Phi) is 5.19. The maximum atomic E-state index is 12.9. The largest absolute Gasteiger partial charge is 0.469 e. The molecule has 1 rings (SSSR count). The Morgan fingerprint density at radius 1 is 1.65 bits per heavy atom. The van der Waals surface area contributed by atoms with Crippen molar-refractivity contribution < 1.29 is 18.3 Å². The second-order valence-corrected chi connectivity index (χ2v) is 4.38. The molecule has 1 heterocycles. The number of nitrogens with two attached hydrogens (primary N) is 1. The van der Waals surface area contributed by atoms with E-state index >= 15 is 0 Å². The van der Waals surface area contributed by atoms with E-state index in [-0.39, 0.29) is 24.2 Å². The molecule has 0 unspecified atom stereocenters. The van der Waals surface area contributed by atoms with Gasteiger partial charge in [0.15, 0.2) is 0 Å². The van der Waals surface area contributed by atoms with Gasteiger partial charge >= 0.3 is 5.97 Å². The highest BCUT2D eigenvalue weighted by Gasteiger charge is 2.21. The molecule has 2 N–H and O–H groups in total. The first-order valence-corrected chi connectivity index (χ1v) is 5.80. The van der Waals surface area contributed by atoms with Gasteiger partial charge in [0.05, 0.1) is 30.5 Å². The van der Waals surface area contributed by atoms with Crippen LogP contribution in [0.1, 0.15) is 23.4 Å². The number of nitrogens with zero attached hydrogens (tertiary/aromatic N) is 1. The molecule has 0 bridgehead atoms. The van der Waals surface area contributed by atoms with Gasteiger partial charge in [-0.05, 0) is 28.7 Å². The molecule has 1 aromatic heterocycles. The zero-order chi connectivity index (χ0) is 13.0. The van der Waals surface area contributed by atoms with Gasteiger partial charge in [0, 0.05) is 10.1 Å². The van der Waals surface area contributed by atoms with E-state index in [4.69, 9.17) is 5.73 Å². The molecule has 94 valence electrons. The van der Waals surface area contributed by atoms with E-state index in [0.717, 1.165) is 0 Å². The van der Waals surface area contributed by atoms with Crippen LogP contribution in [0.4, 0.5) is 8.78 Å². The fraction of sp³-hybridized carbons (Fsp3) is 0.400. The smallest absolute Gasteiger partial charge is 0.311 e. The molecule has 7 heteroatoms. The molecule has 0 atom stereocenters. The number of hydrogen-bond donors (Lipinski definition) is 1. The Hall–Kier alpha value is -0.830. The molecule has 0 aliphatic heterocycles. The van der Waals surface area contributed by atoms with Crippen LogP contribution in [0.2, 0.25) is 0 Å². The van der Waals surface area contributed by atoms with Crippen LogP contribution in [0.25, 0.3) is 0 Å². The van der Waals surface area contributed by atoms with E-state index in [2.05, 4.69) is 9.72 Å². The molecule has 4 nitrogen and oxygen atoms in total. The van der Waals surface area contributed by atoms with E-state index in [1.54, 1.807) is 22.6 Å². The second kappa shape index (κ2) is 6.20. The van der Waals surface area contributed by atoms with Gasteiger partial charge in [0.1, 0.15) is 0 Å². The lowest BCUT2D eigenvalue weighted by molar-refractivity contribution is -0.139. The molecular weight excluding hydrogens is 345 g/mol. The van der Waals surface area contributed by atoms with E-state index in [1.165, 1.54) is 13.2 Å². The summed E-state index contributed by atoms with van der Waals surface area (Å²) in [5.74, 6) is -0.607. The maximum absolute atomic E-state index is 12.9. The SMILES string of the molecule is COC(=O)Cc1nc(CN)cc(I)c1C(F)F. The topological polar surface area (TPSA) is 65.2 Å². The number of esters is 1. The molecule has 0 radical (unpaired) electrons. The van der Waals surface area contributed by atoms with E-state index < -0.39 is 12.4 Å². The normalized spacial score (nSPS) is 10.7. The number of pyridine rings is 1. The molecule has 0 aliphatic rings. The van der Waals surface area contributed by atoms with Gasteiger partial charge in [-0.2, -0.15) is 0 Å². The number of carbonyl (C=O) groups excluding carboxylic acids is 1. The zero-order valence-electron chi connectivity index (χ0n) is 9.04. The van der Waals surface area contributed by atoms with Crippen LogP contribution in [-0.4, -0.2) is 18.1 Å². The van der Waals surface area contributed by atoms with E-state index in [9.17, 15) is 13.6 Å². The molecule has 0 amide bonds. The van der Waals surface area contributed by atoms with Crippen molar-refractivity contribution in [2.24, 2.45) is 5.73 Å². The third kappa shape index (κ3) is 3.56. The number of carbonyl (C=O) groups is 1. The summed E-state index contributed by atoms with van der Waals surface area (Å²) in [7, 11) is 1.20. The van der Waals surface area contributed by atoms with Crippen molar-refractivity contribution in [2.45, 2.75) is 19.4 Å². The summed E-state index contributed by atoms with van der Waals surface area (Å²) in [6.07, 6.45) is -2.96. The van der Waals surface area contributed by atoms with Gasteiger partial charge in [0.25, 0.3) is 6.43 Å². The molecule has 0 aromatic carbocycles. The average Bonchev–Trinajstić information content (AvgIpc) is 2.27. The maximum Gasteiger partial charge on any atom is 0.311 e. The van der Waals surface area contributed by atoms with Crippen molar-refractivity contribution in [1.82, 2.24) is 4.98 Å². The van der Waals surface area contributed by atoms with Gasteiger partial charge in [0.2, 0.25) is 0 Å². The first-order chi connectivity index (χ1) is 7.99. The van der Waals surface area contributed by atoms with Crippen LogP contribution < -0.4 is 5.73 Å². The monoisotopic (exact) mass is 356 g/mol. The minimum atomic E-state index is -2.68. The summed E-state index contributed by atoms with van der Waals surface area (Å²) in [6, 6.07) is 1.49. The average molecular weight is 356 g/mol. The van der Waals surface area contributed by atoms with Crippen molar-refractivity contribution in [3.63, 3.8) is 0 Å². The summed E-state index contributed by atoms with van der Waals surface area (Å²) in [6.45, 7) is 0.133. The summed E-state index contributed by atoms with van der Waals surface area (Å²) >= 11 is 1.78. The third-order valence-electron chi connectivity index (χ3n) is 2.11. The molecule has 1 aromatic rings. The minimum absolute atomic E-state index is 0.0270. The lowest BCUT2D eigenvalue weighted by Crippen LogP contribution is -2.13. The van der Waals surface area contributed by atoms with Crippen LogP contribution in [0.3, 0.4) is 0 Å². The predicted molar refractivity (Wildman–Crippen MR) is 65.5 cm³/mol. The number of methoxy groups -OCH3 is 1. The van der Waals surface area contributed by atoms with Crippen LogP contribution in [0, 0.1) is 3.57 Å². The molecule has 0 aliphatic carbocycles. The van der Waals surface area contributed by atoms with Gasteiger partial charge in [-0.25, -0.2) is 8.78 Å². The molecule has 0 saturated carbocycles. The lowest BCUT2D eigenvalue weighted by Gasteiger charge is -2.11. The van der Waals surface area contributed by atoms with Gasteiger partial charge in [-0.1, -0.05) is 0 Å². The summed E-state index contributed by atoms with van der Waals surface area (Å²) in [5, 5.41) is 0. The number of hydrogen-bond acceptors (Lipinski definition) is 4. The highest BCUT2D eigenvalue weighted by atomic mass is 127. The highest BCUT2D eigenvalue weighted by Crippen LogP contribution is 2.28. The first-order valence-electron chi connectivity index (χ1n) is 4.72. The van der Waals surface area contributed by atoms with E-state index in [1.807, 2.05) is 0 Å². The van der Waals surface area contributed by atoms with Crippen LogP contribution >= 0.6 is 22.6 Å². The van der Waals surface area contributed by atoms with Crippen molar-refractivity contribution in [3.05, 3.63) is 26.6 Å². The predicted octanol–water partition coefficient (Wildman–Crippen LogP) is 1.80. The quantitative estimate of drug-likeness (QED) is 0.660. The number of aromatic nitrogens is 1. The Morgan fingerprint density at radius 2 is 2.29 bits per heavy atom. The van der Waals surface area contributed by atoms with Crippen LogP contribution in [0.5, 0.6) is 0 Å².